The molecule has 0 aliphatic heterocycles. The molecule has 0 spiro atoms. The van der Waals surface area contributed by atoms with Crippen LogP contribution in [0.5, 0.6) is 11.5 Å². The Labute approximate surface area is 219 Å². The molecule has 0 amide bonds. The SMILES string of the molecule is CCCCc1cc(C2(c3ccc(OCCO)c(CCCC)c3)CCCCCCC2)ccc1OCCO. The molecule has 4 nitrogen and oxygen atoms in total. The lowest BCUT2D eigenvalue weighted by molar-refractivity contribution is 0.200. The molecular weight excluding hydrogens is 448 g/mol. The second-order valence-electron chi connectivity index (χ2n) is 10.3. The third-order valence-electron chi connectivity index (χ3n) is 7.73. The van der Waals surface area contributed by atoms with Crippen molar-refractivity contribution in [3.8, 4) is 11.5 Å². The summed E-state index contributed by atoms with van der Waals surface area (Å²) in [5.41, 5.74) is 5.30. The van der Waals surface area contributed by atoms with Crippen LogP contribution in [0.3, 0.4) is 0 Å². The number of rotatable bonds is 14. The zero-order chi connectivity index (χ0) is 25.6. The standard InChI is InChI=1S/C32H48O4/c1-3-5-12-26-24-28(14-16-30(26)35-22-20-33)32(18-10-8-7-9-11-19-32)29-15-17-31(36-23-21-34)27(25-29)13-6-4-2/h14-17,24-25,33-34H,3-13,18-23H2,1-2H3. The van der Waals surface area contributed by atoms with Crippen molar-refractivity contribution in [1.29, 1.82) is 0 Å². The third kappa shape index (κ3) is 7.49. The zero-order valence-corrected chi connectivity index (χ0v) is 22.7. The maximum absolute atomic E-state index is 9.32. The van der Waals surface area contributed by atoms with Crippen LogP contribution < -0.4 is 9.47 Å². The number of hydrogen-bond donors (Lipinski definition) is 2. The molecule has 1 fully saturated rings. The Morgan fingerprint density at radius 2 is 1.11 bits per heavy atom. The van der Waals surface area contributed by atoms with E-state index in [9.17, 15) is 10.2 Å². The lowest BCUT2D eigenvalue weighted by Crippen LogP contribution is -2.29. The Kier molecular flexibility index (Phi) is 12.1. The van der Waals surface area contributed by atoms with E-state index in [-0.39, 0.29) is 18.6 Å². The molecule has 4 heteroatoms. The summed E-state index contributed by atoms with van der Waals surface area (Å²) in [4.78, 5) is 0. The number of hydrogen-bond acceptors (Lipinski definition) is 4. The van der Waals surface area contributed by atoms with E-state index in [0.29, 0.717) is 13.2 Å². The Hall–Kier alpha value is -2.04. The van der Waals surface area contributed by atoms with Gasteiger partial charge in [-0.25, -0.2) is 0 Å². The molecule has 2 N–H and O–H groups in total. The fraction of sp³-hybridized carbons (Fsp3) is 0.625. The fourth-order valence-electron chi connectivity index (χ4n) is 5.73. The highest BCUT2D eigenvalue weighted by atomic mass is 16.5. The van der Waals surface area contributed by atoms with Gasteiger partial charge in [0.15, 0.2) is 0 Å². The van der Waals surface area contributed by atoms with Gasteiger partial charge < -0.3 is 19.7 Å². The zero-order valence-electron chi connectivity index (χ0n) is 22.7. The normalized spacial score (nSPS) is 15.8. The quantitative estimate of drug-likeness (QED) is 0.292. The minimum atomic E-state index is -0.0205. The van der Waals surface area contributed by atoms with Crippen molar-refractivity contribution in [3.05, 3.63) is 58.7 Å². The Bertz CT molecular complexity index is 834. The van der Waals surface area contributed by atoms with E-state index in [1.54, 1.807) is 0 Å². The van der Waals surface area contributed by atoms with E-state index in [1.165, 1.54) is 54.4 Å². The molecule has 2 aromatic rings. The van der Waals surface area contributed by atoms with E-state index in [0.717, 1.165) is 62.9 Å². The first-order chi connectivity index (χ1) is 17.7. The van der Waals surface area contributed by atoms with E-state index < -0.39 is 0 Å². The second-order valence-corrected chi connectivity index (χ2v) is 10.3. The van der Waals surface area contributed by atoms with Gasteiger partial charge in [0, 0.05) is 5.41 Å². The summed E-state index contributed by atoms with van der Waals surface area (Å²) in [5, 5.41) is 18.6. The van der Waals surface area contributed by atoms with Crippen molar-refractivity contribution >= 4 is 0 Å². The highest BCUT2D eigenvalue weighted by molar-refractivity contribution is 5.49. The number of unbranched alkanes of at least 4 members (excludes halogenated alkanes) is 2. The Morgan fingerprint density at radius 3 is 1.53 bits per heavy atom. The molecular formula is C32H48O4. The van der Waals surface area contributed by atoms with Crippen molar-refractivity contribution in [2.24, 2.45) is 0 Å². The van der Waals surface area contributed by atoms with Gasteiger partial charge in [-0.2, -0.15) is 0 Å². The average Bonchev–Trinajstić information content (AvgIpc) is 2.89. The molecule has 0 saturated heterocycles. The van der Waals surface area contributed by atoms with Crippen LogP contribution in [-0.2, 0) is 18.3 Å². The van der Waals surface area contributed by atoms with Crippen LogP contribution in [0, 0.1) is 0 Å². The fourth-order valence-corrected chi connectivity index (χ4v) is 5.73. The molecule has 200 valence electrons. The van der Waals surface area contributed by atoms with Gasteiger partial charge in [-0.3, -0.25) is 0 Å². The van der Waals surface area contributed by atoms with Gasteiger partial charge in [-0.1, -0.05) is 83.1 Å². The molecule has 1 saturated carbocycles. The van der Waals surface area contributed by atoms with Gasteiger partial charge in [0.1, 0.15) is 24.7 Å². The summed E-state index contributed by atoms with van der Waals surface area (Å²) in [6, 6.07) is 13.7. The van der Waals surface area contributed by atoms with E-state index in [2.05, 4.69) is 50.2 Å². The largest absolute Gasteiger partial charge is 0.491 e. The van der Waals surface area contributed by atoms with Crippen LogP contribution in [0.25, 0.3) is 0 Å². The molecule has 0 heterocycles. The molecule has 1 aliphatic carbocycles. The topological polar surface area (TPSA) is 58.9 Å². The van der Waals surface area contributed by atoms with Gasteiger partial charge in [0.2, 0.25) is 0 Å². The molecule has 0 aromatic heterocycles. The second kappa shape index (κ2) is 15.3. The monoisotopic (exact) mass is 496 g/mol. The molecule has 0 radical (unpaired) electrons. The van der Waals surface area contributed by atoms with Gasteiger partial charge in [0.25, 0.3) is 0 Å². The van der Waals surface area contributed by atoms with E-state index in [4.69, 9.17) is 9.47 Å². The molecule has 3 rings (SSSR count). The highest BCUT2D eigenvalue weighted by Gasteiger charge is 2.35. The van der Waals surface area contributed by atoms with Crippen LogP contribution >= 0.6 is 0 Å². The summed E-state index contributed by atoms with van der Waals surface area (Å²) in [7, 11) is 0. The summed E-state index contributed by atoms with van der Waals surface area (Å²) in [6.07, 6.45) is 15.2. The van der Waals surface area contributed by atoms with E-state index >= 15 is 0 Å². The minimum Gasteiger partial charge on any atom is -0.491 e. The predicted octanol–water partition coefficient (Wildman–Crippen LogP) is 7.14. The summed E-state index contributed by atoms with van der Waals surface area (Å²) in [5.74, 6) is 1.83. The number of aliphatic hydroxyl groups excluding tert-OH is 2. The minimum absolute atomic E-state index is 0.0205. The molecule has 0 atom stereocenters. The lowest BCUT2D eigenvalue weighted by atomic mass is 9.66. The van der Waals surface area contributed by atoms with Crippen molar-refractivity contribution < 1.29 is 19.7 Å². The Balaban J connectivity index is 2.09. The molecule has 2 aromatic carbocycles. The number of benzene rings is 2. The summed E-state index contributed by atoms with van der Waals surface area (Å²) < 4.78 is 11.9. The lowest BCUT2D eigenvalue weighted by Gasteiger charge is -2.38. The smallest absolute Gasteiger partial charge is 0.122 e. The van der Waals surface area contributed by atoms with Gasteiger partial charge in [-0.15, -0.1) is 0 Å². The van der Waals surface area contributed by atoms with Crippen LogP contribution in [0.1, 0.15) is 107 Å². The van der Waals surface area contributed by atoms with Gasteiger partial charge in [-0.05, 0) is 72.9 Å². The predicted molar refractivity (Wildman–Crippen MR) is 148 cm³/mol. The maximum atomic E-state index is 9.32. The van der Waals surface area contributed by atoms with Crippen molar-refractivity contribution in [1.82, 2.24) is 0 Å². The van der Waals surface area contributed by atoms with Crippen LogP contribution in [-0.4, -0.2) is 36.6 Å². The van der Waals surface area contributed by atoms with Crippen LogP contribution in [0.2, 0.25) is 0 Å². The van der Waals surface area contributed by atoms with Gasteiger partial charge in [0.05, 0.1) is 13.2 Å². The molecule has 0 unspecified atom stereocenters. The first-order valence-electron chi connectivity index (χ1n) is 14.4. The average molecular weight is 497 g/mol. The van der Waals surface area contributed by atoms with Crippen molar-refractivity contribution in [2.75, 3.05) is 26.4 Å². The molecule has 36 heavy (non-hydrogen) atoms. The van der Waals surface area contributed by atoms with Crippen LogP contribution in [0.4, 0.5) is 0 Å². The molecule has 0 bridgehead atoms. The first kappa shape index (κ1) is 28.5. The van der Waals surface area contributed by atoms with Crippen LogP contribution in [0.15, 0.2) is 36.4 Å². The van der Waals surface area contributed by atoms with E-state index in [1.807, 2.05) is 0 Å². The molecule has 1 aliphatic rings. The van der Waals surface area contributed by atoms with Crippen molar-refractivity contribution in [3.63, 3.8) is 0 Å². The third-order valence-corrected chi connectivity index (χ3v) is 7.73. The number of aliphatic hydroxyl groups is 2. The number of ether oxygens (including phenoxy) is 2. The van der Waals surface area contributed by atoms with Crippen molar-refractivity contribution in [2.45, 2.75) is 103 Å². The van der Waals surface area contributed by atoms with Gasteiger partial charge >= 0.3 is 0 Å². The first-order valence-corrected chi connectivity index (χ1v) is 14.4. The highest BCUT2D eigenvalue weighted by Crippen LogP contribution is 2.45. The maximum Gasteiger partial charge on any atom is 0.122 e. The summed E-state index contributed by atoms with van der Waals surface area (Å²) >= 11 is 0. The summed E-state index contributed by atoms with van der Waals surface area (Å²) in [6.45, 7) is 5.19. The number of aryl methyl sites for hydroxylation is 2. The Morgan fingerprint density at radius 1 is 0.667 bits per heavy atom.